The molecule has 33 heavy (non-hydrogen) atoms. The van der Waals surface area contributed by atoms with E-state index in [0.29, 0.717) is 17.3 Å². The lowest BCUT2D eigenvalue weighted by Crippen LogP contribution is -1.95. The Kier molecular flexibility index (Phi) is 4.86. The standard InChI is InChI=1S/C26H17N5OS/c1-2-9-23-22(7-1)31-26(33-23)30-17-10-12-18(13-11-17)32-25-24(28-15-16-29-25)20-5-3-8-21-19(20)6-4-14-27-21/h1-16H,(H,30,31). The number of anilines is 2. The quantitative estimate of drug-likeness (QED) is 0.312. The number of benzene rings is 3. The number of fused-ring (bicyclic) bond motifs is 2. The molecule has 158 valence electrons. The van der Waals surface area contributed by atoms with Crippen LogP contribution in [0.2, 0.25) is 0 Å². The maximum Gasteiger partial charge on any atom is 0.246 e. The van der Waals surface area contributed by atoms with Gasteiger partial charge < -0.3 is 10.1 Å². The Morgan fingerprint density at radius 3 is 2.45 bits per heavy atom. The predicted octanol–water partition coefficient (Wildman–Crippen LogP) is 6.84. The van der Waals surface area contributed by atoms with Crippen LogP contribution in [-0.4, -0.2) is 19.9 Å². The highest BCUT2D eigenvalue weighted by Gasteiger charge is 2.13. The number of hydrogen-bond acceptors (Lipinski definition) is 7. The molecule has 6 aromatic rings. The van der Waals surface area contributed by atoms with Gasteiger partial charge in [0.15, 0.2) is 5.13 Å². The van der Waals surface area contributed by atoms with Crippen LogP contribution in [0.25, 0.3) is 32.4 Å². The fourth-order valence-electron chi connectivity index (χ4n) is 3.66. The Morgan fingerprint density at radius 1 is 0.697 bits per heavy atom. The smallest absolute Gasteiger partial charge is 0.246 e. The van der Waals surface area contributed by atoms with E-state index < -0.39 is 0 Å². The molecule has 0 fully saturated rings. The highest BCUT2D eigenvalue weighted by molar-refractivity contribution is 7.22. The molecule has 0 aliphatic rings. The van der Waals surface area contributed by atoms with Crippen LogP contribution in [0.15, 0.2) is 97.5 Å². The molecule has 6 nitrogen and oxygen atoms in total. The lowest BCUT2D eigenvalue weighted by molar-refractivity contribution is 0.462. The Bertz CT molecular complexity index is 1540. The number of pyridine rings is 1. The first-order valence-electron chi connectivity index (χ1n) is 10.4. The fourth-order valence-corrected chi connectivity index (χ4v) is 4.55. The largest absolute Gasteiger partial charge is 0.437 e. The van der Waals surface area contributed by atoms with E-state index in [0.717, 1.165) is 37.5 Å². The van der Waals surface area contributed by atoms with Crippen LogP contribution in [0.1, 0.15) is 0 Å². The number of para-hydroxylation sites is 1. The van der Waals surface area contributed by atoms with Crippen molar-refractivity contribution in [3.8, 4) is 22.9 Å². The molecule has 0 atom stereocenters. The van der Waals surface area contributed by atoms with Crippen molar-refractivity contribution >= 4 is 43.3 Å². The minimum atomic E-state index is 0.445. The summed E-state index contributed by atoms with van der Waals surface area (Å²) >= 11 is 1.62. The minimum absolute atomic E-state index is 0.445. The normalized spacial score (nSPS) is 11.0. The van der Waals surface area contributed by atoms with Crippen LogP contribution in [0.5, 0.6) is 11.6 Å². The second-order valence-corrected chi connectivity index (χ2v) is 8.35. The third-order valence-corrected chi connectivity index (χ3v) is 6.13. The third kappa shape index (κ3) is 3.86. The summed E-state index contributed by atoms with van der Waals surface area (Å²) in [4.78, 5) is 18.1. The van der Waals surface area contributed by atoms with E-state index in [1.54, 1.807) is 29.9 Å². The van der Waals surface area contributed by atoms with Gasteiger partial charge in [-0.3, -0.25) is 4.98 Å². The second kappa shape index (κ2) is 8.29. The molecule has 7 heteroatoms. The predicted molar refractivity (Wildman–Crippen MR) is 132 cm³/mol. The lowest BCUT2D eigenvalue weighted by Gasteiger charge is -2.11. The summed E-state index contributed by atoms with van der Waals surface area (Å²) in [5.74, 6) is 1.12. The number of nitrogens with one attached hydrogen (secondary N) is 1. The molecule has 3 aromatic carbocycles. The molecule has 0 saturated heterocycles. The van der Waals surface area contributed by atoms with Crippen LogP contribution in [0.3, 0.4) is 0 Å². The monoisotopic (exact) mass is 447 g/mol. The Morgan fingerprint density at radius 2 is 1.55 bits per heavy atom. The van der Waals surface area contributed by atoms with Crippen LogP contribution < -0.4 is 10.1 Å². The van der Waals surface area contributed by atoms with Crippen LogP contribution in [-0.2, 0) is 0 Å². The zero-order chi connectivity index (χ0) is 22.0. The first kappa shape index (κ1) is 19.3. The van der Waals surface area contributed by atoms with Gasteiger partial charge in [-0.05, 0) is 48.5 Å². The third-order valence-electron chi connectivity index (χ3n) is 5.18. The second-order valence-electron chi connectivity index (χ2n) is 7.32. The summed E-state index contributed by atoms with van der Waals surface area (Å²) in [6, 6.07) is 25.7. The van der Waals surface area contributed by atoms with E-state index >= 15 is 0 Å². The van der Waals surface area contributed by atoms with E-state index in [1.807, 2.05) is 72.8 Å². The van der Waals surface area contributed by atoms with Crippen molar-refractivity contribution in [1.29, 1.82) is 0 Å². The molecule has 0 saturated carbocycles. The van der Waals surface area contributed by atoms with Gasteiger partial charge in [0, 0.05) is 35.2 Å². The molecule has 0 bridgehead atoms. The van der Waals surface area contributed by atoms with Gasteiger partial charge >= 0.3 is 0 Å². The summed E-state index contributed by atoms with van der Waals surface area (Å²) < 4.78 is 7.28. The van der Waals surface area contributed by atoms with E-state index in [2.05, 4.69) is 31.3 Å². The molecule has 1 N–H and O–H groups in total. The molecular weight excluding hydrogens is 430 g/mol. The average molecular weight is 448 g/mol. The molecular formula is C26H17N5OS. The van der Waals surface area contributed by atoms with Crippen molar-refractivity contribution in [2.45, 2.75) is 0 Å². The average Bonchev–Trinajstić information content (AvgIpc) is 3.28. The number of rotatable bonds is 5. The zero-order valence-corrected chi connectivity index (χ0v) is 18.2. The fraction of sp³-hybridized carbons (Fsp3) is 0. The number of aromatic nitrogens is 4. The van der Waals surface area contributed by atoms with Crippen LogP contribution >= 0.6 is 11.3 Å². The topological polar surface area (TPSA) is 72.8 Å². The summed E-state index contributed by atoms with van der Waals surface area (Å²) in [7, 11) is 0. The first-order chi connectivity index (χ1) is 16.3. The van der Waals surface area contributed by atoms with Gasteiger partial charge in [-0.1, -0.05) is 41.7 Å². The highest BCUT2D eigenvalue weighted by atomic mass is 32.1. The van der Waals surface area contributed by atoms with Gasteiger partial charge in [-0.15, -0.1) is 0 Å². The Labute approximate surface area is 193 Å². The summed E-state index contributed by atoms with van der Waals surface area (Å²) in [6.45, 7) is 0. The van der Waals surface area contributed by atoms with Crippen molar-refractivity contribution in [2.75, 3.05) is 5.32 Å². The molecule has 0 unspecified atom stereocenters. The first-order valence-corrected chi connectivity index (χ1v) is 11.2. The maximum absolute atomic E-state index is 6.13. The lowest BCUT2D eigenvalue weighted by atomic mass is 10.1. The van der Waals surface area contributed by atoms with E-state index in [4.69, 9.17) is 4.74 Å². The Hall–Kier alpha value is -4.36. The van der Waals surface area contributed by atoms with Crippen molar-refractivity contribution in [1.82, 2.24) is 19.9 Å². The van der Waals surface area contributed by atoms with Crippen molar-refractivity contribution in [3.63, 3.8) is 0 Å². The van der Waals surface area contributed by atoms with Gasteiger partial charge in [0.05, 0.1) is 15.7 Å². The molecule has 3 heterocycles. The van der Waals surface area contributed by atoms with E-state index in [1.165, 1.54) is 0 Å². The summed E-state index contributed by atoms with van der Waals surface area (Å²) in [5.41, 5.74) is 4.42. The summed E-state index contributed by atoms with van der Waals surface area (Å²) in [6.07, 6.45) is 5.08. The van der Waals surface area contributed by atoms with Crippen molar-refractivity contribution in [3.05, 3.63) is 97.5 Å². The molecule has 0 aliphatic heterocycles. The Balaban J connectivity index is 1.27. The molecule has 3 aromatic heterocycles. The zero-order valence-electron chi connectivity index (χ0n) is 17.3. The van der Waals surface area contributed by atoms with E-state index in [-0.39, 0.29) is 0 Å². The van der Waals surface area contributed by atoms with Crippen LogP contribution in [0, 0.1) is 0 Å². The van der Waals surface area contributed by atoms with Crippen LogP contribution in [0.4, 0.5) is 10.8 Å². The van der Waals surface area contributed by atoms with Crippen molar-refractivity contribution < 1.29 is 4.74 Å². The number of hydrogen-bond donors (Lipinski definition) is 1. The molecule has 0 radical (unpaired) electrons. The van der Waals surface area contributed by atoms with Gasteiger partial charge in [0.2, 0.25) is 5.88 Å². The van der Waals surface area contributed by atoms with Crippen molar-refractivity contribution in [2.24, 2.45) is 0 Å². The number of thiazole rings is 1. The van der Waals surface area contributed by atoms with Gasteiger partial charge in [0.25, 0.3) is 0 Å². The SMILES string of the molecule is c1ccc2sc(Nc3ccc(Oc4nccnc4-c4cccc5ncccc45)cc3)nc2c1. The summed E-state index contributed by atoms with van der Waals surface area (Å²) in [5, 5.41) is 5.21. The molecule has 0 aliphatic carbocycles. The number of nitrogens with zero attached hydrogens (tertiary/aromatic N) is 4. The van der Waals surface area contributed by atoms with Gasteiger partial charge in [0.1, 0.15) is 11.4 Å². The van der Waals surface area contributed by atoms with Gasteiger partial charge in [-0.2, -0.15) is 0 Å². The number of ether oxygens (including phenoxy) is 1. The molecule has 0 spiro atoms. The van der Waals surface area contributed by atoms with Gasteiger partial charge in [-0.25, -0.2) is 15.0 Å². The molecule has 0 amide bonds. The highest BCUT2D eigenvalue weighted by Crippen LogP contribution is 2.34. The maximum atomic E-state index is 6.13. The molecule has 6 rings (SSSR count). The minimum Gasteiger partial charge on any atom is -0.437 e. The van der Waals surface area contributed by atoms with E-state index in [9.17, 15) is 0 Å².